The van der Waals surface area contributed by atoms with Gasteiger partial charge in [0, 0.05) is 12.5 Å². The summed E-state index contributed by atoms with van der Waals surface area (Å²) in [6, 6.07) is 0. The van der Waals surface area contributed by atoms with Crippen LogP contribution in [0.25, 0.3) is 0 Å². The van der Waals surface area contributed by atoms with Crippen LogP contribution in [0.15, 0.2) is 46.6 Å². The van der Waals surface area contributed by atoms with Gasteiger partial charge in [-0.15, -0.1) is 0 Å². The molecule has 0 radical (unpaired) electrons. The fourth-order valence-electron chi connectivity index (χ4n) is 4.85. The van der Waals surface area contributed by atoms with E-state index in [1.54, 1.807) is 11.1 Å². The highest BCUT2D eigenvalue weighted by molar-refractivity contribution is 5.29. The van der Waals surface area contributed by atoms with Gasteiger partial charge >= 0.3 is 0 Å². The molecule has 1 nitrogen and oxygen atoms in total. The molecule has 0 spiro atoms. The molecule has 1 heteroatoms. The van der Waals surface area contributed by atoms with Gasteiger partial charge in [0.05, 0.1) is 6.10 Å². The van der Waals surface area contributed by atoms with E-state index in [2.05, 4.69) is 72.8 Å². The summed E-state index contributed by atoms with van der Waals surface area (Å²) in [5.74, 6) is 1.30. The highest BCUT2D eigenvalue weighted by Crippen LogP contribution is 2.32. The van der Waals surface area contributed by atoms with Crippen molar-refractivity contribution in [2.75, 3.05) is 6.61 Å². The zero-order valence-corrected chi connectivity index (χ0v) is 24.1. The minimum atomic E-state index is 0.295. The van der Waals surface area contributed by atoms with Crippen LogP contribution < -0.4 is 0 Å². The van der Waals surface area contributed by atoms with Gasteiger partial charge in [0.1, 0.15) is 0 Å². The Morgan fingerprint density at radius 1 is 0.882 bits per heavy atom. The third-order valence-electron chi connectivity index (χ3n) is 7.67. The summed E-state index contributed by atoms with van der Waals surface area (Å²) in [6.45, 7) is 17.1. The predicted molar refractivity (Wildman–Crippen MR) is 153 cm³/mol. The van der Waals surface area contributed by atoms with Crippen LogP contribution in [-0.4, -0.2) is 12.7 Å². The van der Waals surface area contributed by atoms with Gasteiger partial charge in [0.2, 0.25) is 0 Å². The second-order valence-corrected chi connectivity index (χ2v) is 11.1. The molecule has 0 aromatic rings. The van der Waals surface area contributed by atoms with Crippen molar-refractivity contribution < 1.29 is 4.74 Å². The van der Waals surface area contributed by atoms with E-state index in [1.165, 1.54) is 101 Å². The maximum atomic E-state index is 6.43. The molecule has 0 amide bonds. The average Bonchev–Trinajstić information content (AvgIpc) is 2.81. The number of allylic oxidation sites excluding steroid dienone is 6. The van der Waals surface area contributed by atoms with Crippen molar-refractivity contribution in [3.63, 3.8) is 0 Å². The number of rotatable bonds is 19. The zero-order chi connectivity index (χ0) is 25.2. The predicted octanol–water partition coefficient (Wildman–Crippen LogP) is 10.9. The van der Waals surface area contributed by atoms with Crippen molar-refractivity contribution in [3.8, 4) is 0 Å². The Bertz CT molecular complexity index is 647. The average molecular weight is 471 g/mol. The molecular weight excluding hydrogens is 412 g/mol. The molecule has 0 bridgehead atoms. The molecule has 0 aliphatic heterocycles. The van der Waals surface area contributed by atoms with Gasteiger partial charge in [-0.1, -0.05) is 107 Å². The fraction of sp³-hybridized carbons (Fsp3) is 0.758. The second kappa shape index (κ2) is 19.1. The standard InChI is InChI=1S/C33H58O/c1-8-10-12-14-26-34-33-31(7)30(6)23-25-32(33)24-22-29(5)21-16-20-28(4)19-15-18-27(3)17-13-11-9-2/h17,19,23,25,29,31,33H,8-16,18,20-22,24,26H2,1-7H3. The van der Waals surface area contributed by atoms with Gasteiger partial charge in [-0.05, 0) is 83.6 Å². The van der Waals surface area contributed by atoms with E-state index in [0.29, 0.717) is 12.0 Å². The molecule has 34 heavy (non-hydrogen) atoms. The third kappa shape index (κ3) is 13.7. The first-order valence-electron chi connectivity index (χ1n) is 14.7. The molecule has 0 fully saturated rings. The number of hydrogen-bond donors (Lipinski definition) is 0. The molecule has 196 valence electrons. The Balaban J connectivity index is 2.34. The molecule has 0 aromatic carbocycles. The maximum Gasteiger partial charge on any atom is 0.0850 e. The van der Waals surface area contributed by atoms with Crippen LogP contribution >= 0.6 is 0 Å². The molecule has 0 heterocycles. The van der Waals surface area contributed by atoms with Gasteiger partial charge in [-0.2, -0.15) is 0 Å². The van der Waals surface area contributed by atoms with Crippen molar-refractivity contribution >= 4 is 0 Å². The largest absolute Gasteiger partial charge is 0.373 e. The van der Waals surface area contributed by atoms with Gasteiger partial charge < -0.3 is 4.74 Å². The Morgan fingerprint density at radius 2 is 1.59 bits per heavy atom. The fourth-order valence-corrected chi connectivity index (χ4v) is 4.85. The summed E-state index contributed by atoms with van der Waals surface area (Å²) >= 11 is 0. The summed E-state index contributed by atoms with van der Waals surface area (Å²) in [5, 5.41) is 0. The second-order valence-electron chi connectivity index (χ2n) is 11.1. The molecule has 1 aliphatic rings. The number of ether oxygens (including phenoxy) is 1. The normalized spacial score (nSPS) is 20.3. The summed E-state index contributed by atoms with van der Waals surface area (Å²) in [4.78, 5) is 0. The van der Waals surface area contributed by atoms with Crippen LogP contribution in [0.4, 0.5) is 0 Å². The summed E-state index contributed by atoms with van der Waals surface area (Å²) < 4.78 is 6.43. The lowest BCUT2D eigenvalue weighted by Crippen LogP contribution is -2.28. The maximum absolute atomic E-state index is 6.43. The first-order valence-corrected chi connectivity index (χ1v) is 14.7. The Hall–Kier alpha value is -1.08. The lowest BCUT2D eigenvalue weighted by atomic mass is 9.83. The molecular formula is C33H58O. The Kier molecular flexibility index (Phi) is 17.4. The van der Waals surface area contributed by atoms with Crippen LogP contribution in [0.2, 0.25) is 0 Å². The minimum Gasteiger partial charge on any atom is -0.373 e. The molecule has 3 atom stereocenters. The van der Waals surface area contributed by atoms with Crippen molar-refractivity contribution in [1.82, 2.24) is 0 Å². The molecule has 0 aromatic heterocycles. The summed E-state index contributed by atoms with van der Waals surface area (Å²) in [5.41, 5.74) is 6.13. The molecule has 0 saturated carbocycles. The van der Waals surface area contributed by atoms with E-state index in [4.69, 9.17) is 4.74 Å². The van der Waals surface area contributed by atoms with Crippen LogP contribution in [0.5, 0.6) is 0 Å². The van der Waals surface area contributed by atoms with Crippen LogP contribution in [0.3, 0.4) is 0 Å². The van der Waals surface area contributed by atoms with Gasteiger partial charge in [0.15, 0.2) is 0 Å². The quantitative estimate of drug-likeness (QED) is 0.135. The Morgan fingerprint density at radius 3 is 2.32 bits per heavy atom. The SMILES string of the molecule is CCCCC=C(C)CCC=C(C)CCCC(C)CCC1=CC=C(C)C(C)C1OCCCCCC. The van der Waals surface area contributed by atoms with Crippen LogP contribution in [0.1, 0.15) is 138 Å². The first-order chi connectivity index (χ1) is 16.4. The van der Waals surface area contributed by atoms with Crippen LogP contribution in [0, 0.1) is 11.8 Å². The van der Waals surface area contributed by atoms with Gasteiger partial charge in [-0.3, -0.25) is 0 Å². The minimum absolute atomic E-state index is 0.295. The van der Waals surface area contributed by atoms with E-state index in [1.807, 2.05) is 0 Å². The third-order valence-corrected chi connectivity index (χ3v) is 7.67. The van der Waals surface area contributed by atoms with Crippen molar-refractivity contribution in [3.05, 3.63) is 46.6 Å². The van der Waals surface area contributed by atoms with E-state index in [9.17, 15) is 0 Å². The first kappa shape index (κ1) is 31.0. The molecule has 1 aliphatic carbocycles. The van der Waals surface area contributed by atoms with Crippen molar-refractivity contribution in [2.24, 2.45) is 11.8 Å². The highest BCUT2D eigenvalue weighted by atomic mass is 16.5. The molecule has 0 saturated heterocycles. The monoisotopic (exact) mass is 470 g/mol. The topological polar surface area (TPSA) is 9.23 Å². The van der Waals surface area contributed by atoms with Gasteiger partial charge in [0.25, 0.3) is 0 Å². The lowest BCUT2D eigenvalue weighted by Gasteiger charge is -2.31. The smallest absolute Gasteiger partial charge is 0.0850 e. The van der Waals surface area contributed by atoms with E-state index in [-0.39, 0.29) is 0 Å². The van der Waals surface area contributed by atoms with E-state index in [0.717, 1.165) is 12.5 Å². The highest BCUT2D eigenvalue weighted by Gasteiger charge is 2.26. The Labute approximate surface area is 214 Å². The summed E-state index contributed by atoms with van der Waals surface area (Å²) in [7, 11) is 0. The van der Waals surface area contributed by atoms with Crippen molar-refractivity contribution in [1.29, 1.82) is 0 Å². The number of unbranched alkanes of at least 4 members (excludes halogenated alkanes) is 5. The molecule has 0 N–H and O–H groups in total. The van der Waals surface area contributed by atoms with Gasteiger partial charge in [-0.25, -0.2) is 0 Å². The molecule has 3 unspecified atom stereocenters. The van der Waals surface area contributed by atoms with Crippen molar-refractivity contribution in [2.45, 2.75) is 144 Å². The zero-order valence-electron chi connectivity index (χ0n) is 24.1. The summed E-state index contributed by atoms with van der Waals surface area (Å²) in [6.07, 6.45) is 27.7. The lowest BCUT2D eigenvalue weighted by molar-refractivity contribution is 0.0453. The number of hydrogen-bond acceptors (Lipinski definition) is 1. The molecule has 1 rings (SSSR count). The van der Waals surface area contributed by atoms with E-state index < -0.39 is 0 Å². The van der Waals surface area contributed by atoms with Crippen LogP contribution in [-0.2, 0) is 4.74 Å². The van der Waals surface area contributed by atoms with E-state index >= 15 is 0 Å².